The molecule has 2 atom stereocenters. The molecule has 0 saturated carbocycles. The topological polar surface area (TPSA) is 40.6 Å². The van der Waals surface area contributed by atoms with Crippen molar-refractivity contribution in [2.75, 3.05) is 28.2 Å². The van der Waals surface area contributed by atoms with Gasteiger partial charge >= 0.3 is 0 Å². The van der Waals surface area contributed by atoms with E-state index in [0.29, 0.717) is 12.8 Å². The Morgan fingerprint density at radius 1 is 0.875 bits per heavy atom. The van der Waals surface area contributed by atoms with E-state index in [0.717, 1.165) is 0 Å². The van der Waals surface area contributed by atoms with Crippen molar-refractivity contribution >= 4 is 11.8 Å². The molecule has 0 aromatic heterocycles. The zero-order valence-corrected chi connectivity index (χ0v) is 10.4. The lowest BCUT2D eigenvalue weighted by atomic mass is 9.81. The van der Waals surface area contributed by atoms with Crippen LogP contribution in [0.2, 0.25) is 0 Å². The normalized spacial score (nSPS) is 24.0. The van der Waals surface area contributed by atoms with Crippen molar-refractivity contribution < 1.29 is 9.59 Å². The van der Waals surface area contributed by atoms with Crippen LogP contribution in [0.15, 0.2) is 12.2 Å². The molecule has 0 bridgehead atoms. The molecular formula is C12H20N2O2. The highest BCUT2D eigenvalue weighted by atomic mass is 16.2. The summed E-state index contributed by atoms with van der Waals surface area (Å²) in [6.45, 7) is 0. The first-order chi connectivity index (χ1) is 7.45. The summed E-state index contributed by atoms with van der Waals surface area (Å²) in [5, 5.41) is 0. The molecule has 4 heteroatoms. The highest BCUT2D eigenvalue weighted by Crippen LogP contribution is 2.28. The minimum atomic E-state index is -0.199. The van der Waals surface area contributed by atoms with Crippen LogP contribution in [0, 0.1) is 11.8 Å². The third-order valence-corrected chi connectivity index (χ3v) is 2.95. The Kier molecular flexibility index (Phi) is 4.10. The smallest absolute Gasteiger partial charge is 0.226 e. The predicted molar refractivity (Wildman–Crippen MR) is 62.7 cm³/mol. The lowest BCUT2D eigenvalue weighted by Crippen LogP contribution is -2.42. The second kappa shape index (κ2) is 5.14. The van der Waals surface area contributed by atoms with Gasteiger partial charge in [0, 0.05) is 28.2 Å². The average Bonchev–Trinajstić information content (AvgIpc) is 2.26. The minimum absolute atomic E-state index is 0.0459. The van der Waals surface area contributed by atoms with Crippen LogP contribution in [0.5, 0.6) is 0 Å². The highest BCUT2D eigenvalue weighted by molar-refractivity contribution is 5.87. The number of nitrogens with zero attached hydrogens (tertiary/aromatic N) is 2. The molecule has 0 heterocycles. The number of hydrogen-bond donors (Lipinski definition) is 0. The molecule has 4 nitrogen and oxygen atoms in total. The first-order valence-corrected chi connectivity index (χ1v) is 5.52. The van der Waals surface area contributed by atoms with Crippen LogP contribution < -0.4 is 0 Å². The van der Waals surface area contributed by atoms with E-state index < -0.39 is 0 Å². The first-order valence-electron chi connectivity index (χ1n) is 5.52. The molecule has 1 aliphatic carbocycles. The van der Waals surface area contributed by atoms with Crippen molar-refractivity contribution in [2.24, 2.45) is 11.8 Å². The molecule has 0 aromatic rings. The minimum Gasteiger partial charge on any atom is -0.349 e. The van der Waals surface area contributed by atoms with Gasteiger partial charge in [0.15, 0.2) is 0 Å². The summed E-state index contributed by atoms with van der Waals surface area (Å²) in [5.41, 5.74) is 0. The van der Waals surface area contributed by atoms with Gasteiger partial charge in [0.1, 0.15) is 0 Å². The number of allylic oxidation sites excluding steroid dienone is 2. The van der Waals surface area contributed by atoms with Gasteiger partial charge in [-0.2, -0.15) is 0 Å². The molecule has 1 rings (SSSR count). The standard InChI is InChI=1S/C12H20N2O2/c1-13(2)11(15)9-7-5-6-8-10(9)12(16)14(3)4/h5-6,9-10H,7-8H2,1-4H3/t9-,10+. The monoisotopic (exact) mass is 224 g/mol. The van der Waals surface area contributed by atoms with Gasteiger partial charge in [0.05, 0.1) is 11.8 Å². The molecule has 0 N–H and O–H groups in total. The van der Waals surface area contributed by atoms with Crippen LogP contribution in [-0.2, 0) is 9.59 Å². The fourth-order valence-corrected chi connectivity index (χ4v) is 2.02. The van der Waals surface area contributed by atoms with E-state index in [-0.39, 0.29) is 23.7 Å². The Morgan fingerprint density at radius 3 is 1.44 bits per heavy atom. The molecule has 90 valence electrons. The van der Waals surface area contributed by atoms with E-state index in [1.807, 2.05) is 12.2 Å². The number of hydrogen-bond acceptors (Lipinski definition) is 2. The Balaban J connectivity index is 2.84. The lowest BCUT2D eigenvalue weighted by molar-refractivity contribution is -0.143. The van der Waals surface area contributed by atoms with E-state index >= 15 is 0 Å². The number of carbonyl (C=O) groups is 2. The predicted octanol–water partition coefficient (Wildman–Crippen LogP) is 0.745. The molecule has 0 spiro atoms. The van der Waals surface area contributed by atoms with Crippen molar-refractivity contribution in [3.05, 3.63) is 12.2 Å². The quantitative estimate of drug-likeness (QED) is 0.649. The summed E-state index contributed by atoms with van der Waals surface area (Å²) < 4.78 is 0. The molecular weight excluding hydrogens is 204 g/mol. The second-order valence-corrected chi connectivity index (χ2v) is 4.62. The largest absolute Gasteiger partial charge is 0.349 e. The van der Waals surface area contributed by atoms with Gasteiger partial charge < -0.3 is 9.80 Å². The zero-order valence-electron chi connectivity index (χ0n) is 10.4. The van der Waals surface area contributed by atoms with Gasteiger partial charge in [-0.1, -0.05) is 12.2 Å². The summed E-state index contributed by atoms with van der Waals surface area (Å²) in [6, 6.07) is 0. The van der Waals surface area contributed by atoms with E-state index in [4.69, 9.17) is 0 Å². The number of carbonyl (C=O) groups excluding carboxylic acids is 2. The maximum Gasteiger partial charge on any atom is 0.226 e. The van der Waals surface area contributed by atoms with Crippen LogP contribution in [0.1, 0.15) is 12.8 Å². The Labute approximate surface area is 96.9 Å². The average molecular weight is 224 g/mol. The summed E-state index contributed by atoms with van der Waals surface area (Å²) in [6.07, 6.45) is 5.32. The van der Waals surface area contributed by atoms with Crippen LogP contribution in [-0.4, -0.2) is 49.8 Å². The molecule has 0 radical (unpaired) electrons. The Bertz CT molecular complexity index is 278. The van der Waals surface area contributed by atoms with Gasteiger partial charge in [-0.15, -0.1) is 0 Å². The van der Waals surface area contributed by atoms with Crippen molar-refractivity contribution in [1.29, 1.82) is 0 Å². The van der Waals surface area contributed by atoms with Gasteiger partial charge in [0.2, 0.25) is 11.8 Å². The van der Waals surface area contributed by atoms with E-state index in [1.165, 1.54) is 0 Å². The van der Waals surface area contributed by atoms with Crippen LogP contribution in [0.25, 0.3) is 0 Å². The van der Waals surface area contributed by atoms with Crippen molar-refractivity contribution in [3.63, 3.8) is 0 Å². The first kappa shape index (κ1) is 12.7. The second-order valence-electron chi connectivity index (χ2n) is 4.62. The molecule has 1 aliphatic rings. The fraction of sp³-hybridized carbons (Fsp3) is 0.667. The Hall–Kier alpha value is -1.32. The number of rotatable bonds is 2. The summed E-state index contributed by atoms with van der Waals surface area (Å²) in [4.78, 5) is 27.1. The molecule has 0 saturated heterocycles. The molecule has 0 aromatic carbocycles. The third-order valence-electron chi connectivity index (χ3n) is 2.95. The molecule has 16 heavy (non-hydrogen) atoms. The van der Waals surface area contributed by atoms with Crippen LogP contribution in [0.4, 0.5) is 0 Å². The van der Waals surface area contributed by atoms with Crippen molar-refractivity contribution in [1.82, 2.24) is 9.80 Å². The van der Waals surface area contributed by atoms with Gasteiger partial charge in [-0.25, -0.2) is 0 Å². The molecule has 0 fully saturated rings. The van der Waals surface area contributed by atoms with Gasteiger partial charge in [0.25, 0.3) is 0 Å². The highest BCUT2D eigenvalue weighted by Gasteiger charge is 2.35. The molecule has 0 unspecified atom stereocenters. The van der Waals surface area contributed by atoms with E-state index in [9.17, 15) is 9.59 Å². The SMILES string of the molecule is CN(C)C(=O)[C@H]1CC=CC[C@H]1C(=O)N(C)C. The van der Waals surface area contributed by atoms with Crippen molar-refractivity contribution in [2.45, 2.75) is 12.8 Å². The van der Waals surface area contributed by atoms with Gasteiger partial charge in [-0.3, -0.25) is 9.59 Å². The lowest BCUT2D eigenvalue weighted by Gasteiger charge is -2.30. The maximum absolute atomic E-state index is 12.0. The Morgan fingerprint density at radius 2 is 1.19 bits per heavy atom. The maximum atomic E-state index is 12.0. The van der Waals surface area contributed by atoms with Crippen LogP contribution in [0.3, 0.4) is 0 Å². The molecule has 2 amide bonds. The fourth-order valence-electron chi connectivity index (χ4n) is 2.02. The summed E-state index contributed by atoms with van der Waals surface area (Å²) in [7, 11) is 6.94. The number of amides is 2. The van der Waals surface area contributed by atoms with Crippen LogP contribution >= 0.6 is 0 Å². The summed E-state index contributed by atoms with van der Waals surface area (Å²) in [5.74, 6) is -0.307. The third kappa shape index (κ3) is 2.62. The summed E-state index contributed by atoms with van der Waals surface area (Å²) >= 11 is 0. The van der Waals surface area contributed by atoms with Gasteiger partial charge in [-0.05, 0) is 12.8 Å². The van der Waals surface area contributed by atoms with E-state index in [1.54, 1.807) is 38.0 Å². The molecule has 0 aliphatic heterocycles. The van der Waals surface area contributed by atoms with Crippen molar-refractivity contribution in [3.8, 4) is 0 Å². The zero-order chi connectivity index (χ0) is 12.3. The van der Waals surface area contributed by atoms with E-state index in [2.05, 4.69) is 0 Å².